The maximum atomic E-state index is 6.21. The number of rotatable bonds is 3. The fourth-order valence-corrected chi connectivity index (χ4v) is 20.6. The molecule has 0 saturated carbocycles. The molecule has 1 aliphatic heterocycles. The van der Waals surface area contributed by atoms with E-state index in [9.17, 15) is 0 Å². The zero-order valence-electron chi connectivity index (χ0n) is 21.2. The van der Waals surface area contributed by atoms with Gasteiger partial charge in [-0.15, -0.1) is 0 Å². The second-order valence-corrected chi connectivity index (χ2v) is 18.9. The quantitative estimate of drug-likeness (QED) is 0.157. The fourth-order valence-electron chi connectivity index (χ4n) is 6.33. The average molecular weight is 629 g/mol. The van der Waals surface area contributed by atoms with Crippen LogP contribution in [0.1, 0.15) is 0 Å². The van der Waals surface area contributed by atoms with Crippen molar-refractivity contribution < 1.29 is 4.42 Å². The summed E-state index contributed by atoms with van der Waals surface area (Å²) in [6, 6.07) is 56.7. The van der Waals surface area contributed by atoms with Gasteiger partial charge in [0.15, 0.2) is 0 Å². The van der Waals surface area contributed by atoms with Crippen molar-refractivity contribution in [3.05, 3.63) is 162 Å². The zero-order valence-corrected chi connectivity index (χ0v) is 24.4. The van der Waals surface area contributed by atoms with Crippen LogP contribution in [-0.2, 0) is 0 Å². The second kappa shape index (κ2) is 9.08. The van der Waals surface area contributed by atoms with Gasteiger partial charge in [-0.2, -0.15) is 0 Å². The first-order valence-electron chi connectivity index (χ1n) is 13.3. The Morgan fingerprint density at radius 3 is 1.59 bits per heavy atom. The Hall–Kier alpha value is -3.93. The van der Waals surface area contributed by atoms with Gasteiger partial charge in [-0.05, 0) is 0 Å². The molecule has 0 saturated heterocycles. The van der Waals surface area contributed by atoms with Crippen molar-refractivity contribution in [2.75, 3.05) is 0 Å². The van der Waals surface area contributed by atoms with Crippen molar-refractivity contribution in [2.24, 2.45) is 0 Å². The van der Waals surface area contributed by atoms with Gasteiger partial charge in [0.25, 0.3) is 0 Å². The minimum absolute atomic E-state index is 0.956. The monoisotopic (exact) mass is 628 g/mol. The maximum absolute atomic E-state index is 6.21. The number of hydrogen-bond acceptors (Lipinski definition) is 1. The molecule has 0 unspecified atom stereocenters. The van der Waals surface area contributed by atoms with Gasteiger partial charge in [0.05, 0.1) is 0 Å². The summed E-state index contributed by atoms with van der Waals surface area (Å²) in [5.41, 5.74) is 1.92. The van der Waals surface area contributed by atoms with Crippen LogP contribution in [0.2, 0.25) is 0 Å². The molecule has 0 bridgehead atoms. The summed E-state index contributed by atoms with van der Waals surface area (Å²) in [6.45, 7) is 0. The molecule has 186 valence electrons. The van der Waals surface area contributed by atoms with E-state index >= 15 is 0 Å². The minimum atomic E-state index is -2.51. The molecule has 0 fully saturated rings. The predicted molar refractivity (Wildman–Crippen MR) is 174 cm³/mol. The zero-order chi connectivity index (χ0) is 25.8. The van der Waals surface area contributed by atoms with E-state index in [1.54, 1.807) is 17.5 Å². The number of para-hydroxylation sites is 1. The van der Waals surface area contributed by atoms with Gasteiger partial charge in [-0.1, -0.05) is 0 Å². The van der Waals surface area contributed by atoms with E-state index in [1.807, 2.05) is 6.07 Å². The van der Waals surface area contributed by atoms with Gasteiger partial charge in [0.1, 0.15) is 0 Å². The molecule has 7 aromatic rings. The Balaban J connectivity index is 1.47. The van der Waals surface area contributed by atoms with Crippen LogP contribution in [0, 0.1) is 10.7 Å². The van der Waals surface area contributed by atoms with Gasteiger partial charge >= 0.3 is 237 Å². The van der Waals surface area contributed by atoms with Crippen molar-refractivity contribution >= 4 is 70.6 Å². The van der Waals surface area contributed by atoms with Crippen molar-refractivity contribution in [2.45, 2.75) is 0 Å². The van der Waals surface area contributed by atoms with Crippen LogP contribution >= 0.6 is 19.8 Å². The first-order chi connectivity index (χ1) is 19.4. The Labute approximate surface area is 236 Å². The first kappa shape index (κ1) is 23.0. The fraction of sp³-hybridized carbons (Fsp3) is 0. The van der Waals surface area contributed by atoms with Gasteiger partial charge in [0, 0.05) is 0 Å². The van der Waals surface area contributed by atoms with Gasteiger partial charge in [-0.25, -0.2) is 0 Å². The molecular weight excluding hydrogens is 603 g/mol. The van der Waals surface area contributed by atoms with Gasteiger partial charge < -0.3 is 0 Å². The molecule has 0 radical (unpaired) electrons. The summed E-state index contributed by atoms with van der Waals surface area (Å²) in [6.07, 6.45) is 0. The Kier molecular flexibility index (Phi) is 5.35. The summed E-state index contributed by atoms with van der Waals surface area (Å²) < 4.78 is 10.8. The van der Waals surface area contributed by atoms with E-state index in [0.29, 0.717) is 0 Å². The van der Waals surface area contributed by atoms with E-state index in [2.05, 4.69) is 146 Å². The van der Waals surface area contributed by atoms with Crippen LogP contribution in [0.25, 0.3) is 21.9 Å². The Morgan fingerprint density at radius 1 is 0.436 bits per heavy atom. The van der Waals surface area contributed by atoms with E-state index in [1.165, 1.54) is 24.7 Å². The molecule has 39 heavy (non-hydrogen) atoms. The van der Waals surface area contributed by atoms with Crippen LogP contribution in [0.3, 0.4) is 0 Å². The van der Waals surface area contributed by atoms with Crippen molar-refractivity contribution in [3.63, 3.8) is 0 Å². The first-order valence-corrected chi connectivity index (χ1v) is 18.5. The van der Waals surface area contributed by atoms with Crippen molar-refractivity contribution in [3.8, 4) is 0 Å². The molecule has 0 spiro atoms. The second-order valence-electron chi connectivity index (χ2n) is 9.96. The van der Waals surface area contributed by atoms with Gasteiger partial charge in [0.2, 0.25) is 0 Å². The molecule has 0 amide bonds. The Bertz CT molecular complexity index is 1890. The van der Waals surface area contributed by atoms with Crippen LogP contribution in [0.15, 0.2) is 156 Å². The summed E-state index contributed by atoms with van der Waals surface area (Å²) in [4.78, 5) is 0. The third kappa shape index (κ3) is 3.36. The van der Waals surface area contributed by atoms with Crippen LogP contribution in [0.4, 0.5) is 0 Å². The summed E-state index contributed by atoms with van der Waals surface area (Å²) in [5.74, 6) is 0. The topological polar surface area (TPSA) is 13.1 Å². The van der Waals surface area contributed by atoms with Crippen LogP contribution in [0.5, 0.6) is 0 Å². The standard InChI is InChI=1S/C36H25IOSi/c1-3-13-27(14-4-1)39(28-15-5-2-6-16-28)35-21-11-8-18-31(35)37(32-19-9-12-22-36(32)39)26-23-24-34-30(25-26)29-17-7-10-20-33(29)38-34/h1-25H. The van der Waals surface area contributed by atoms with Crippen LogP contribution in [-0.4, -0.2) is 8.07 Å². The van der Waals surface area contributed by atoms with E-state index in [0.717, 1.165) is 11.2 Å². The molecule has 1 aromatic heterocycles. The van der Waals surface area contributed by atoms with E-state index in [4.69, 9.17) is 4.42 Å². The normalized spacial score (nSPS) is 14.7. The van der Waals surface area contributed by atoms with Crippen molar-refractivity contribution in [1.29, 1.82) is 0 Å². The predicted octanol–water partition coefficient (Wildman–Crippen LogP) is 6.69. The third-order valence-electron chi connectivity index (χ3n) is 7.93. The average Bonchev–Trinajstić information content (AvgIpc) is 3.39. The third-order valence-corrected chi connectivity index (χ3v) is 20.0. The molecule has 3 heteroatoms. The molecule has 0 N–H and O–H groups in total. The van der Waals surface area contributed by atoms with Crippen molar-refractivity contribution in [1.82, 2.24) is 0 Å². The van der Waals surface area contributed by atoms with Gasteiger partial charge in [-0.3, -0.25) is 0 Å². The number of hydrogen-bond donors (Lipinski definition) is 0. The molecular formula is C36H25IOSi. The molecule has 6 aromatic carbocycles. The van der Waals surface area contributed by atoms with Crippen LogP contribution < -0.4 is 20.7 Å². The molecule has 1 aliphatic rings. The molecule has 0 aliphatic carbocycles. The molecule has 8 rings (SSSR count). The number of fused-ring (bicyclic) bond motifs is 5. The van der Waals surface area contributed by atoms with E-state index < -0.39 is 27.9 Å². The summed E-state index contributed by atoms with van der Waals surface area (Å²) >= 11 is -2.02. The number of furan rings is 1. The Morgan fingerprint density at radius 2 is 0.949 bits per heavy atom. The van der Waals surface area contributed by atoms with E-state index in [-0.39, 0.29) is 0 Å². The molecule has 2 heterocycles. The number of halogens is 1. The number of benzene rings is 6. The summed E-state index contributed by atoms with van der Waals surface area (Å²) in [5, 5.41) is 8.40. The summed E-state index contributed by atoms with van der Waals surface area (Å²) in [7, 11) is -2.51. The SMILES string of the molecule is c1ccc([Si]2(c3ccccc3)c3ccccc3I(c3ccc4oc5ccccc5c4c3)c3ccccc32)cc1. The molecule has 0 atom stereocenters. The molecule has 1 nitrogen and oxygen atoms in total.